The SMILES string of the molecule is Cc1ccc(C(=O)/C=C/c2cc(/C=N/c3nccs3)c(O)c(C(C)(C)C)c2)cc1. The van der Waals surface area contributed by atoms with Crippen molar-refractivity contribution in [3.63, 3.8) is 0 Å². The second-order valence-electron chi connectivity index (χ2n) is 7.89. The van der Waals surface area contributed by atoms with E-state index in [1.807, 2.05) is 69.5 Å². The molecule has 0 unspecified atom stereocenters. The fourth-order valence-electron chi connectivity index (χ4n) is 2.84. The lowest BCUT2D eigenvalue weighted by molar-refractivity contribution is 0.104. The second kappa shape index (κ2) is 8.53. The van der Waals surface area contributed by atoms with Gasteiger partial charge < -0.3 is 5.11 Å². The van der Waals surface area contributed by atoms with E-state index in [2.05, 4.69) is 9.98 Å². The van der Waals surface area contributed by atoms with Gasteiger partial charge in [-0.3, -0.25) is 4.79 Å². The third kappa shape index (κ3) is 5.27. The molecule has 0 aliphatic heterocycles. The highest BCUT2D eigenvalue weighted by molar-refractivity contribution is 7.13. The summed E-state index contributed by atoms with van der Waals surface area (Å²) < 4.78 is 0. The fourth-order valence-corrected chi connectivity index (χ4v) is 3.32. The maximum absolute atomic E-state index is 12.5. The lowest BCUT2D eigenvalue weighted by atomic mass is 9.84. The number of nitrogens with zero attached hydrogens (tertiary/aromatic N) is 2. The molecule has 0 fully saturated rings. The van der Waals surface area contributed by atoms with Gasteiger partial charge in [0.1, 0.15) is 5.75 Å². The van der Waals surface area contributed by atoms with Gasteiger partial charge in [0.15, 0.2) is 5.78 Å². The van der Waals surface area contributed by atoms with Crippen LogP contribution in [0.15, 0.2) is 59.0 Å². The summed E-state index contributed by atoms with van der Waals surface area (Å²) in [4.78, 5) is 21.0. The molecule has 1 heterocycles. The zero-order chi connectivity index (χ0) is 21.0. The molecule has 1 aromatic heterocycles. The molecular weight excluding hydrogens is 380 g/mol. The molecule has 3 rings (SSSR count). The van der Waals surface area contributed by atoms with Crippen LogP contribution in [0.5, 0.6) is 5.75 Å². The quantitative estimate of drug-likeness (QED) is 0.317. The second-order valence-corrected chi connectivity index (χ2v) is 8.77. The number of aliphatic imine (C=N–C) groups is 1. The number of phenols is 1. The lowest BCUT2D eigenvalue weighted by Crippen LogP contribution is -2.12. The first-order chi connectivity index (χ1) is 13.7. The normalized spacial score (nSPS) is 12.1. The molecule has 0 amide bonds. The molecule has 148 valence electrons. The average molecular weight is 405 g/mol. The Hall–Kier alpha value is -3.05. The third-order valence-corrected chi connectivity index (χ3v) is 5.15. The van der Waals surface area contributed by atoms with Gasteiger partial charge in [0.25, 0.3) is 0 Å². The van der Waals surface area contributed by atoms with E-state index in [-0.39, 0.29) is 16.9 Å². The van der Waals surface area contributed by atoms with E-state index < -0.39 is 0 Å². The summed E-state index contributed by atoms with van der Waals surface area (Å²) in [5.41, 5.74) is 3.71. The van der Waals surface area contributed by atoms with Crippen molar-refractivity contribution in [3.8, 4) is 5.75 Å². The van der Waals surface area contributed by atoms with Gasteiger partial charge >= 0.3 is 0 Å². The van der Waals surface area contributed by atoms with Crippen molar-refractivity contribution in [3.05, 3.63) is 81.9 Å². The number of thiazole rings is 1. The summed E-state index contributed by atoms with van der Waals surface area (Å²) in [5, 5.41) is 13.2. The number of aryl methyl sites for hydroxylation is 1. The van der Waals surface area contributed by atoms with Crippen molar-refractivity contribution in [2.45, 2.75) is 33.1 Å². The van der Waals surface area contributed by atoms with Gasteiger partial charge in [-0.05, 0) is 36.1 Å². The van der Waals surface area contributed by atoms with Crippen LogP contribution in [0.25, 0.3) is 6.08 Å². The molecule has 0 atom stereocenters. The number of ketones is 1. The number of rotatable bonds is 5. The number of benzene rings is 2. The van der Waals surface area contributed by atoms with E-state index in [9.17, 15) is 9.90 Å². The maximum Gasteiger partial charge on any atom is 0.209 e. The molecule has 2 aromatic carbocycles. The van der Waals surface area contributed by atoms with Crippen molar-refractivity contribution in [1.82, 2.24) is 4.98 Å². The maximum atomic E-state index is 12.5. The molecular formula is C24H24N2O2S. The van der Waals surface area contributed by atoms with Crippen LogP contribution in [-0.2, 0) is 5.41 Å². The standard InChI is InChI=1S/C24H24N2O2S/c1-16-5-8-18(9-6-16)21(27)10-7-17-13-19(15-26-23-25-11-12-29-23)22(28)20(14-17)24(2,3)4/h5-15,28H,1-4H3/b10-7+,26-15+. The van der Waals surface area contributed by atoms with Crippen LogP contribution in [0.1, 0.15) is 53.4 Å². The van der Waals surface area contributed by atoms with E-state index >= 15 is 0 Å². The minimum atomic E-state index is -0.265. The van der Waals surface area contributed by atoms with Gasteiger partial charge in [-0.1, -0.05) is 56.7 Å². The first kappa shape index (κ1) is 20.7. The largest absolute Gasteiger partial charge is 0.507 e. The highest BCUT2D eigenvalue weighted by Crippen LogP contribution is 2.34. The Labute approximate surface area is 175 Å². The molecule has 0 aliphatic carbocycles. The van der Waals surface area contributed by atoms with Crippen molar-refractivity contribution in [2.24, 2.45) is 4.99 Å². The predicted octanol–water partition coefficient (Wildman–Crippen LogP) is 6.10. The summed E-state index contributed by atoms with van der Waals surface area (Å²) in [6, 6.07) is 11.2. The van der Waals surface area contributed by atoms with Crippen LogP contribution in [0.2, 0.25) is 0 Å². The summed E-state index contributed by atoms with van der Waals surface area (Å²) >= 11 is 1.43. The zero-order valence-electron chi connectivity index (χ0n) is 17.0. The fraction of sp³-hybridized carbons (Fsp3) is 0.208. The molecule has 0 aliphatic rings. The summed E-state index contributed by atoms with van der Waals surface area (Å²) in [7, 11) is 0. The van der Waals surface area contributed by atoms with Crippen LogP contribution in [0.3, 0.4) is 0 Å². The van der Waals surface area contributed by atoms with Crippen molar-refractivity contribution < 1.29 is 9.90 Å². The van der Waals surface area contributed by atoms with E-state index in [4.69, 9.17) is 0 Å². The predicted molar refractivity (Wildman–Crippen MR) is 121 cm³/mol. The summed E-state index contributed by atoms with van der Waals surface area (Å²) in [5.74, 6) is 0.133. The highest BCUT2D eigenvalue weighted by Gasteiger charge is 2.20. The number of aromatic nitrogens is 1. The van der Waals surface area contributed by atoms with Gasteiger partial charge in [0, 0.05) is 34.5 Å². The van der Waals surface area contributed by atoms with E-state index in [1.165, 1.54) is 11.3 Å². The minimum Gasteiger partial charge on any atom is -0.507 e. The Bertz CT molecular complexity index is 1060. The molecule has 0 bridgehead atoms. The van der Waals surface area contributed by atoms with Crippen LogP contribution in [-0.4, -0.2) is 22.1 Å². The summed E-state index contributed by atoms with van der Waals surface area (Å²) in [6.45, 7) is 8.10. The van der Waals surface area contributed by atoms with Gasteiger partial charge in [0.2, 0.25) is 5.13 Å². The van der Waals surface area contributed by atoms with E-state index in [0.29, 0.717) is 16.3 Å². The molecule has 1 N–H and O–H groups in total. The first-order valence-corrected chi connectivity index (χ1v) is 10.2. The number of hydrogen-bond acceptors (Lipinski definition) is 5. The van der Waals surface area contributed by atoms with Crippen LogP contribution in [0, 0.1) is 6.92 Å². The van der Waals surface area contributed by atoms with Gasteiger partial charge in [-0.25, -0.2) is 9.98 Å². The highest BCUT2D eigenvalue weighted by atomic mass is 32.1. The van der Waals surface area contributed by atoms with Crippen LogP contribution in [0.4, 0.5) is 5.13 Å². The molecule has 0 saturated carbocycles. The van der Waals surface area contributed by atoms with Crippen molar-refractivity contribution in [2.75, 3.05) is 0 Å². The Morgan fingerprint density at radius 1 is 1.17 bits per heavy atom. The average Bonchev–Trinajstić information content (AvgIpc) is 3.19. The van der Waals surface area contributed by atoms with E-state index in [0.717, 1.165) is 16.7 Å². The first-order valence-electron chi connectivity index (χ1n) is 9.34. The Kier molecular flexibility index (Phi) is 6.09. The smallest absolute Gasteiger partial charge is 0.209 e. The molecule has 0 saturated heterocycles. The van der Waals surface area contributed by atoms with Crippen LogP contribution < -0.4 is 0 Å². The van der Waals surface area contributed by atoms with Gasteiger partial charge in [-0.2, -0.15) is 0 Å². The Morgan fingerprint density at radius 3 is 2.52 bits per heavy atom. The number of hydrogen-bond donors (Lipinski definition) is 1. The zero-order valence-corrected chi connectivity index (χ0v) is 17.8. The minimum absolute atomic E-state index is 0.0617. The van der Waals surface area contributed by atoms with Gasteiger partial charge in [-0.15, -0.1) is 11.3 Å². The summed E-state index contributed by atoms with van der Waals surface area (Å²) in [6.07, 6.45) is 6.64. The number of phenolic OH excluding ortho intramolecular Hbond substituents is 1. The molecule has 3 aromatic rings. The van der Waals surface area contributed by atoms with Gasteiger partial charge in [0.05, 0.1) is 0 Å². The Morgan fingerprint density at radius 2 is 1.90 bits per heavy atom. The monoisotopic (exact) mass is 404 g/mol. The van der Waals surface area contributed by atoms with E-state index in [1.54, 1.807) is 24.6 Å². The van der Waals surface area contributed by atoms with Crippen molar-refractivity contribution >= 4 is 34.5 Å². The molecule has 4 nitrogen and oxygen atoms in total. The lowest BCUT2D eigenvalue weighted by Gasteiger charge is -2.22. The van der Waals surface area contributed by atoms with Crippen molar-refractivity contribution in [1.29, 1.82) is 0 Å². The number of carbonyl (C=O) groups is 1. The number of carbonyl (C=O) groups excluding carboxylic acids is 1. The number of aromatic hydroxyl groups is 1. The molecule has 29 heavy (non-hydrogen) atoms. The Balaban J connectivity index is 1.96. The van der Waals surface area contributed by atoms with Crippen LogP contribution >= 0.6 is 11.3 Å². The third-order valence-electron chi connectivity index (χ3n) is 4.47. The molecule has 0 radical (unpaired) electrons. The molecule has 5 heteroatoms. The topological polar surface area (TPSA) is 62.5 Å². The number of allylic oxidation sites excluding steroid dienone is 1. The molecule has 0 spiro atoms.